The molecule has 366 valence electrons. The Bertz CT molecular complexity index is 2840. The second-order valence-corrected chi connectivity index (χ2v) is 21.6. The smallest absolute Gasteiger partial charge is 0.255 e. The van der Waals surface area contributed by atoms with Gasteiger partial charge in [0.05, 0.1) is 44.6 Å². The zero-order valence-corrected chi connectivity index (χ0v) is 42.2. The van der Waals surface area contributed by atoms with Gasteiger partial charge in [0.25, 0.3) is 11.8 Å². The molecule has 2 heterocycles. The molecule has 0 aliphatic rings. The summed E-state index contributed by atoms with van der Waals surface area (Å²) in [6.07, 6.45) is 4.37. The zero-order valence-electron chi connectivity index (χ0n) is 40.5. The molecule has 0 aliphatic carbocycles. The van der Waals surface area contributed by atoms with Crippen molar-refractivity contribution in [3.05, 3.63) is 143 Å². The van der Waals surface area contributed by atoms with Gasteiger partial charge in [0.15, 0.2) is 0 Å². The number of carbonyl (C=O) groups excluding carboxylic acids is 4. The third-order valence-electron chi connectivity index (χ3n) is 11.9. The molecule has 2 aromatic heterocycles. The Kier molecular flexibility index (Phi) is 16.3. The van der Waals surface area contributed by atoms with Crippen LogP contribution in [0.2, 0.25) is 0 Å². The monoisotopic (exact) mass is 980 g/mol. The molecule has 2 atom stereocenters. The SMILES string of the molecule is CC(C)(C)c1cc(NC(=O)c2cccc(C(=O)Nc3cc(C(C)(C)C)cc(NC(=O)[C@@H](N)Cc4c[nH]c5ccccc45)c3SCCN)c2)c(SCCN)c(NC(=O)[C@@H](N)Cc2c[nH]c3ccccc23)c1. The van der Waals surface area contributed by atoms with Crippen molar-refractivity contribution >= 4 is 91.7 Å². The molecule has 0 saturated heterocycles. The van der Waals surface area contributed by atoms with Crippen molar-refractivity contribution in [1.29, 1.82) is 0 Å². The molecule has 14 N–H and O–H groups in total. The Morgan fingerprint density at radius 2 is 0.900 bits per heavy atom. The number of anilines is 4. The largest absolute Gasteiger partial charge is 0.361 e. The standard InChI is InChI=1S/C54H64N10O4S2/c1-53(2,3)35-25-43(47(69-20-18-55)45(27-35)63-51(67)39(57)23-33-29-59-41-16-9-7-14-37(33)41)61-49(65)31-12-11-13-32(22-31)50(66)62-44-26-36(54(4,5)6)28-46(48(44)70-21-19-56)64-52(68)40(58)24-34-30-60-42-17-10-8-15-38(34)42/h7-17,22,25-30,39-40,59-60H,18-21,23-24,55-58H2,1-6H3,(H,61,65)(H,62,66)(H,63,67)(H,64,68)/t39-,40-/m0/s1. The number of aromatic nitrogens is 2. The number of rotatable bonds is 18. The van der Waals surface area contributed by atoms with E-state index in [4.69, 9.17) is 22.9 Å². The summed E-state index contributed by atoms with van der Waals surface area (Å²) in [7, 11) is 0. The summed E-state index contributed by atoms with van der Waals surface area (Å²) in [5, 5.41) is 14.3. The number of para-hydroxylation sites is 2. The molecule has 0 aliphatic heterocycles. The Morgan fingerprint density at radius 3 is 1.27 bits per heavy atom. The molecule has 0 radical (unpaired) electrons. The molecule has 4 amide bonds. The summed E-state index contributed by atoms with van der Waals surface area (Å²) >= 11 is 2.82. The van der Waals surface area contributed by atoms with E-state index in [-0.39, 0.29) is 33.8 Å². The highest BCUT2D eigenvalue weighted by Gasteiger charge is 2.27. The average Bonchev–Trinajstić information content (AvgIpc) is 3.93. The first-order chi connectivity index (χ1) is 33.3. The van der Waals surface area contributed by atoms with Crippen LogP contribution in [0.1, 0.15) is 84.5 Å². The van der Waals surface area contributed by atoms with E-state index in [1.807, 2.05) is 127 Å². The highest BCUT2D eigenvalue weighted by molar-refractivity contribution is 7.99. The van der Waals surface area contributed by atoms with Crippen molar-refractivity contribution in [3.63, 3.8) is 0 Å². The Morgan fingerprint density at radius 1 is 0.529 bits per heavy atom. The van der Waals surface area contributed by atoms with Crippen molar-refractivity contribution in [2.45, 2.75) is 87.1 Å². The Hall–Kier alpha value is -6.40. The van der Waals surface area contributed by atoms with Crippen molar-refractivity contribution in [1.82, 2.24) is 9.97 Å². The lowest BCUT2D eigenvalue weighted by Gasteiger charge is -2.25. The zero-order chi connectivity index (χ0) is 50.3. The van der Waals surface area contributed by atoms with Gasteiger partial charge in [-0.1, -0.05) is 84.0 Å². The number of carbonyl (C=O) groups is 4. The molecule has 16 heteroatoms. The molecule has 0 spiro atoms. The minimum atomic E-state index is -0.867. The van der Waals surface area contributed by atoms with Crippen LogP contribution in [-0.4, -0.2) is 70.3 Å². The third kappa shape index (κ3) is 12.3. The highest BCUT2D eigenvalue weighted by atomic mass is 32.2. The minimum absolute atomic E-state index is 0.230. The van der Waals surface area contributed by atoms with Crippen molar-refractivity contribution in [2.75, 3.05) is 45.9 Å². The molecule has 70 heavy (non-hydrogen) atoms. The van der Waals surface area contributed by atoms with Gasteiger partial charge in [-0.25, -0.2) is 0 Å². The summed E-state index contributed by atoms with van der Waals surface area (Å²) in [6, 6.07) is 28.1. The van der Waals surface area contributed by atoms with Crippen LogP contribution in [0.5, 0.6) is 0 Å². The van der Waals surface area contributed by atoms with Gasteiger partial charge < -0.3 is 54.2 Å². The second-order valence-electron chi connectivity index (χ2n) is 19.4. The summed E-state index contributed by atoms with van der Waals surface area (Å²) in [4.78, 5) is 64.0. The predicted octanol–water partition coefficient (Wildman–Crippen LogP) is 8.87. The van der Waals surface area contributed by atoms with Crippen molar-refractivity contribution < 1.29 is 19.2 Å². The maximum Gasteiger partial charge on any atom is 0.255 e. The van der Waals surface area contributed by atoms with Crippen LogP contribution >= 0.6 is 23.5 Å². The topological polar surface area (TPSA) is 252 Å². The van der Waals surface area contributed by atoms with Gasteiger partial charge >= 0.3 is 0 Å². The first-order valence-corrected chi connectivity index (χ1v) is 25.3. The summed E-state index contributed by atoms with van der Waals surface area (Å²) in [5.74, 6) is -0.678. The molecule has 5 aromatic carbocycles. The van der Waals surface area contributed by atoms with Gasteiger partial charge in [0.2, 0.25) is 11.8 Å². The molecule has 0 saturated carbocycles. The highest BCUT2D eigenvalue weighted by Crippen LogP contribution is 2.41. The molecule has 7 rings (SSSR count). The fourth-order valence-corrected chi connectivity index (χ4v) is 9.74. The van der Waals surface area contributed by atoms with E-state index in [0.29, 0.717) is 70.0 Å². The third-order valence-corrected chi connectivity index (χ3v) is 14.3. The fourth-order valence-electron chi connectivity index (χ4n) is 8.03. The molecule has 14 nitrogen and oxygen atoms in total. The number of nitrogens with one attached hydrogen (secondary N) is 6. The number of aromatic amines is 2. The minimum Gasteiger partial charge on any atom is -0.361 e. The second kappa shape index (κ2) is 22.1. The van der Waals surface area contributed by atoms with Crippen LogP contribution in [-0.2, 0) is 33.3 Å². The van der Waals surface area contributed by atoms with E-state index in [9.17, 15) is 19.2 Å². The number of hydrogen-bond acceptors (Lipinski definition) is 10. The summed E-state index contributed by atoms with van der Waals surface area (Å²) in [6.45, 7) is 13.0. The van der Waals surface area contributed by atoms with E-state index in [1.165, 1.54) is 29.6 Å². The Labute approximate surface area is 417 Å². The fraction of sp³-hybridized carbons (Fsp3) is 0.296. The van der Waals surface area contributed by atoms with Gasteiger partial charge in [-0.2, -0.15) is 0 Å². The lowest BCUT2D eigenvalue weighted by Crippen LogP contribution is -2.37. The number of hydrogen-bond donors (Lipinski definition) is 10. The van der Waals surface area contributed by atoms with Crippen LogP contribution in [0.15, 0.2) is 119 Å². The van der Waals surface area contributed by atoms with E-state index >= 15 is 0 Å². The average molecular weight is 981 g/mol. The van der Waals surface area contributed by atoms with Crippen LogP contribution < -0.4 is 44.2 Å². The quantitative estimate of drug-likeness (QED) is 0.0366. The molecular formula is C54H64N10O4S2. The van der Waals surface area contributed by atoms with Gasteiger partial charge in [0, 0.05) is 69.9 Å². The van der Waals surface area contributed by atoms with Gasteiger partial charge in [-0.05, 0) is 101 Å². The molecule has 0 bridgehead atoms. The lowest BCUT2D eigenvalue weighted by molar-refractivity contribution is -0.118. The predicted molar refractivity (Wildman–Crippen MR) is 289 cm³/mol. The number of H-pyrrole nitrogens is 2. The van der Waals surface area contributed by atoms with E-state index in [2.05, 4.69) is 31.2 Å². The van der Waals surface area contributed by atoms with Crippen LogP contribution in [0.3, 0.4) is 0 Å². The van der Waals surface area contributed by atoms with E-state index in [1.54, 1.807) is 18.2 Å². The summed E-state index contributed by atoms with van der Waals surface area (Å²) < 4.78 is 0. The number of amides is 4. The van der Waals surface area contributed by atoms with E-state index < -0.39 is 23.9 Å². The normalized spacial score (nSPS) is 12.7. The first-order valence-electron chi connectivity index (χ1n) is 23.3. The van der Waals surface area contributed by atoms with Crippen LogP contribution in [0.25, 0.3) is 21.8 Å². The van der Waals surface area contributed by atoms with Gasteiger partial charge in [0.1, 0.15) is 0 Å². The summed E-state index contributed by atoms with van der Waals surface area (Å²) in [5.41, 5.74) is 32.2. The van der Waals surface area contributed by atoms with Crippen molar-refractivity contribution in [2.24, 2.45) is 22.9 Å². The number of thioether (sulfide) groups is 2. The maximum absolute atomic E-state index is 14.3. The van der Waals surface area contributed by atoms with Crippen molar-refractivity contribution in [3.8, 4) is 0 Å². The molecule has 0 fully saturated rings. The number of nitrogens with two attached hydrogens (primary N) is 4. The molecule has 7 aromatic rings. The lowest BCUT2D eigenvalue weighted by atomic mass is 9.86. The van der Waals surface area contributed by atoms with E-state index in [0.717, 1.165) is 44.1 Å². The Balaban J connectivity index is 1.14. The van der Waals surface area contributed by atoms with Crippen LogP contribution in [0.4, 0.5) is 22.7 Å². The van der Waals surface area contributed by atoms with Gasteiger partial charge in [-0.15, -0.1) is 23.5 Å². The molecular weight excluding hydrogens is 917 g/mol. The maximum atomic E-state index is 14.3. The number of benzene rings is 5. The number of fused-ring (bicyclic) bond motifs is 2. The first kappa shape index (κ1) is 51.5. The van der Waals surface area contributed by atoms with Crippen LogP contribution in [0, 0.1) is 0 Å². The van der Waals surface area contributed by atoms with Gasteiger partial charge in [-0.3, -0.25) is 19.2 Å². The molecule has 0 unspecified atom stereocenters.